The summed E-state index contributed by atoms with van der Waals surface area (Å²) in [5.74, 6) is 0.192. The second-order valence-corrected chi connectivity index (χ2v) is 6.97. The first-order chi connectivity index (χ1) is 14.0. The lowest BCUT2D eigenvalue weighted by Crippen LogP contribution is -2.43. The van der Waals surface area contributed by atoms with E-state index in [0.717, 1.165) is 18.4 Å². The summed E-state index contributed by atoms with van der Waals surface area (Å²) in [6.45, 7) is 0.553. The zero-order valence-electron chi connectivity index (χ0n) is 16.6. The lowest BCUT2D eigenvalue weighted by atomic mass is 10.0. The van der Waals surface area contributed by atoms with Gasteiger partial charge in [0.1, 0.15) is 5.82 Å². The van der Waals surface area contributed by atoms with Crippen molar-refractivity contribution in [2.45, 2.75) is 25.3 Å². The summed E-state index contributed by atoms with van der Waals surface area (Å²) in [7, 11) is 3.02. The third-order valence-electron chi connectivity index (χ3n) is 5.10. The first-order valence-electron chi connectivity index (χ1n) is 9.56. The molecule has 6 nitrogen and oxygen atoms in total. The average Bonchev–Trinajstić information content (AvgIpc) is 3.19. The maximum Gasteiger partial charge on any atom is 0.251 e. The minimum absolute atomic E-state index is 0.0160. The molecule has 1 N–H and O–H groups in total. The van der Waals surface area contributed by atoms with Crippen molar-refractivity contribution < 1.29 is 23.5 Å². The molecule has 1 unspecified atom stereocenters. The van der Waals surface area contributed by atoms with Crippen LogP contribution in [0.2, 0.25) is 0 Å². The van der Waals surface area contributed by atoms with Gasteiger partial charge in [0, 0.05) is 18.2 Å². The Balaban J connectivity index is 1.58. The molecule has 2 aromatic carbocycles. The number of ether oxygens (including phenoxy) is 2. The zero-order chi connectivity index (χ0) is 20.8. The van der Waals surface area contributed by atoms with Crippen molar-refractivity contribution in [1.29, 1.82) is 0 Å². The fraction of sp³-hybridized carbons (Fsp3) is 0.364. The van der Waals surface area contributed by atoms with E-state index in [1.54, 1.807) is 29.2 Å². The topological polar surface area (TPSA) is 67.9 Å². The summed E-state index contributed by atoms with van der Waals surface area (Å²) in [5.41, 5.74) is 1.25. The van der Waals surface area contributed by atoms with E-state index in [9.17, 15) is 14.0 Å². The maximum absolute atomic E-state index is 13.4. The van der Waals surface area contributed by atoms with E-state index >= 15 is 0 Å². The van der Waals surface area contributed by atoms with Crippen LogP contribution in [-0.2, 0) is 11.2 Å². The molecule has 1 aliphatic heterocycles. The van der Waals surface area contributed by atoms with Crippen LogP contribution in [0.25, 0.3) is 0 Å². The van der Waals surface area contributed by atoms with Crippen LogP contribution in [0, 0.1) is 5.82 Å². The Morgan fingerprint density at radius 3 is 2.66 bits per heavy atom. The number of halogens is 1. The summed E-state index contributed by atoms with van der Waals surface area (Å²) >= 11 is 0. The van der Waals surface area contributed by atoms with Crippen LogP contribution in [0.3, 0.4) is 0 Å². The zero-order valence-corrected chi connectivity index (χ0v) is 16.6. The first kappa shape index (κ1) is 20.6. The van der Waals surface area contributed by atoms with Crippen LogP contribution in [0.4, 0.5) is 4.39 Å². The molecule has 1 aliphatic rings. The summed E-state index contributed by atoms with van der Waals surface area (Å²) in [6, 6.07) is 11.3. The van der Waals surface area contributed by atoms with Gasteiger partial charge in [-0.15, -0.1) is 0 Å². The van der Waals surface area contributed by atoms with E-state index < -0.39 is 0 Å². The van der Waals surface area contributed by atoms with E-state index in [0.29, 0.717) is 30.0 Å². The van der Waals surface area contributed by atoms with E-state index in [1.807, 2.05) is 6.07 Å². The van der Waals surface area contributed by atoms with Gasteiger partial charge in [0.05, 0.1) is 20.8 Å². The Labute approximate surface area is 169 Å². The second kappa shape index (κ2) is 9.41. The molecule has 1 saturated heterocycles. The van der Waals surface area contributed by atoms with Gasteiger partial charge in [-0.05, 0) is 55.2 Å². The smallest absolute Gasteiger partial charge is 0.251 e. The molecule has 29 heavy (non-hydrogen) atoms. The van der Waals surface area contributed by atoms with Gasteiger partial charge in [-0.2, -0.15) is 0 Å². The van der Waals surface area contributed by atoms with Crippen molar-refractivity contribution in [3.05, 3.63) is 59.4 Å². The highest BCUT2D eigenvalue weighted by atomic mass is 19.1. The van der Waals surface area contributed by atoms with Crippen molar-refractivity contribution in [3.8, 4) is 11.5 Å². The van der Waals surface area contributed by atoms with E-state index in [4.69, 9.17) is 9.47 Å². The Hall–Kier alpha value is -3.09. The van der Waals surface area contributed by atoms with Crippen molar-refractivity contribution in [3.63, 3.8) is 0 Å². The van der Waals surface area contributed by atoms with Gasteiger partial charge < -0.3 is 19.7 Å². The van der Waals surface area contributed by atoms with Crippen LogP contribution in [0.1, 0.15) is 28.8 Å². The van der Waals surface area contributed by atoms with Crippen LogP contribution >= 0.6 is 0 Å². The number of hydrogen-bond donors (Lipinski definition) is 1. The molecule has 2 aromatic rings. The number of nitrogens with one attached hydrogen (secondary N) is 1. The van der Waals surface area contributed by atoms with Crippen molar-refractivity contribution in [1.82, 2.24) is 10.2 Å². The van der Waals surface area contributed by atoms with Crippen molar-refractivity contribution >= 4 is 11.8 Å². The van der Waals surface area contributed by atoms with E-state index in [1.165, 1.54) is 26.4 Å². The number of benzene rings is 2. The van der Waals surface area contributed by atoms with Gasteiger partial charge in [-0.1, -0.05) is 12.1 Å². The van der Waals surface area contributed by atoms with Crippen LogP contribution < -0.4 is 14.8 Å². The van der Waals surface area contributed by atoms with Gasteiger partial charge in [0.2, 0.25) is 5.91 Å². The minimum atomic E-state index is -0.361. The average molecular weight is 400 g/mol. The molecule has 0 radical (unpaired) electrons. The molecular weight excluding hydrogens is 375 g/mol. The Morgan fingerprint density at radius 2 is 1.93 bits per heavy atom. The molecule has 1 fully saturated rings. The molecule has 3 rings (SSSR count). The summed E-state index contributed by atoms with van der Waals surface area (Å²) in [4.78, 5) is 26.9. The fourth-order valence-corrected chi connectivity index (χ4v) is 3.65. The van der Waals surface area contributed by atoms with Crippen LogP contribution in [-0.4, -0.2) is 50.1 Å². The third kappa shape index (κ3) is 5.04. The summed E-state index contributed by atoms with van der Waals surface area (Å²) in [6.07, 6.45) is 2.37. The van der Waals surface area contributed by atoms with Gasteiger partial charge in [0.25, 0.3) is 5.91 Å². The monoisotopic (exact) mass is 400 g/mol. The predicted molar refractivity (Wildman–Crippen MR) is 107 cm³/mol. The maximum atomic E-state index is 13.4. The number of likely N-dealkylation sites (tertiary alicyclic amines) is 1. The molecular formula is C22H25FN2O4. The van der Waals surface area contributed by atoms with Crippen LogP contribution in [0.15, 0.2) is 42.5 Å². The summed E-state index contributed by atoms with van der Waals surface area (Å²) < 4.78 is 23.8. The standard InChI is InChI=1S/C22H25FN2O4/c1-28-19-9-8-16(13-20(19)29-2)22(27)24-14-21(26)25-10-4-7-18(25)12-15-5-3-6-17(23)11-15/h3,5-6,8-9,11,13,18H,4,7,10,12,14H2,1-2H3,(H,24,27). The Bertz CT molecular complexity index is 887. The van der Waals surface area contributed by atoms with Gasteiger partial charge in [-0.3, -0.25) is 9.59 Å². The molecule has 0 aromatic heterocycles. The van der Waals surface area contributed by atoms with Gasteiger partial charge in [0.15, 0.2) is 11.5 Å². The number of amides is 2. The number of nitrogens with zero attached hydrogens (tertiary/aromatic N) is 1. The first-order valence-corrected chi connectivity index (χ1v) is 9.56. The molecule has 7 heteroatoms. The lowest BCUT2D eigenvalue weighted by molar-refractivity contribution is -0.130. The quantitative estimate of drug-likeness (QED) is 0.776. The minimum Gasteiger partial charge on any atom is -0.493 e. The third-order valence-corrected chi connectivity index (χ3v) is 5.10. The van der Waals surface area contributed by atoms with Crippen molar-refractivity contribution in [2.24, 2.45) is 0 Å². The molecule has 154 valence electrons. The number of carbonyl (C=O) groups is 2. The number of carbonyl (C=O) groups excluding carboxylic acids is 2. The molecule has 0 spiro atoms. The SMILES string of the molecule is COc1ccc(C(=O)NCC(=O)N2CCCC2Cc2cccc(F)c2)cc1OC. The van der Waals surface area contributed by atoms with Crippen molar-refractivity contribution in [2.75, 3.05) is 27.3 Å². The Morgan fingerprint density at radius 1 is 1.14 bits per heavy atom. The molecule has 0 aliphatic carbocycles. The van der Waals surface area contributed by atoms with E-state index in [2.05, 4.69) is 5.32 Å². The number of methoxy groups -OCH3 is 2. The van der Waals surface area contributed by atoms with E-state index in [-0.39, 0.29) is 30.2 Å². The molecule has 1 heterocycles. The second-order valence-electron chi connectivity index (χ2n) is 6.97. The van der Waals surface area contributed by atoms with Gasteiger partial charge >= 0.3 is 0 Å². The molecule has 0 bridgehead atoms. The van der Waals surface area contributed by atoms with Gasteiger partial charge in [-0.25, -0.2) is 4.39 Å². The highest BCUT2D eigenvalue weighted by molar-refractivity contribution is 5.97. The largest absolute Gasteiger partial charge is 0.493 e. The Kier molecular flexibility index (Phi) is 6.69. The molecule has 2 amide bonds. The normalized spacial score (nSPS) is 15.8. The molecule has 1 atom stereocenters. The molecule has 0 saturated carbocycles. The highest BCUT2D eigenvalue weighted by Gasteiger charge is 2.29. The highest BCUT2D eigenvalue weighted by Crippen LogP contribution is 2.27. The van der Waals surface area contributed by atoms with Crippen LogP contribution in [0.5, 0.6) is 11.5 Å². The lowest BCUT2D eigenvalue weighted by Gasteiger charge is -2.25. The summed E-state index contributed by atoms with van der Waals surface area (Å²) in [5, 5.41) is 2.67. The fourth-order valence-electron chi connectivity index (χ4n) is 3.65. The number of hydrogen-bond acceptors (Lipinski definition) is 4. The number of rotatable bonds is 7. The predicted octanol–water partition coefficient (Wildman–Crippen LogP) is 2.81.